The van der Waals surface area contributed by atoms with E-state index in [-0.39, 0.29) is 5.92 Å². The third kappa shape index (κ3) is 4.87. The molecule has 2 aliphatic carbocycles. The molecule has 2 aromatic rings. The fourth-order valence-corrected chi connectivity index (χ4v) is 7.19. The standard InChI is InChI=1S/C34H38N2O6/c1-18-9-8-11-25-31(40)21(4)20(3)30-27(16-23-17-35-26-12-7-6-10-24(23)26)36-33(41)34(25,30)29(39)14-13-28(38)32(19(2)15-18)42-22(5)37/h6-8,10-15,17-18,25,27,30-32,35,40H,9,16H2,1-5H3,(H,36,41)/b11-8+,14-13+,19-15+/t18-,25-,27-,30-,31+,32+,34+/m0/s1. The highest BCUT2D eigenvalue weighted by molar-refractivity contribution is 6.16. The summed E-state index contributed by atoms with van der Waals surface area (Å²) in [7, 11) is 0. The van der Waals surface area contributed by atoms with Gasteiger partial charge in [-0.3, -0.25) is 19.2 Å². The van der Waals surface area contributed by atoms with Crippen molar-refractivity contribution in [3.63, 3.8) is 0 Å². The van der Waals surface area contributed by atoms with Crippen LogP contribution in [0.3, 0.4) is 0 Å². The average molecular weight is 571 g/mol. The van der Waals surface area contributed by atoms with Gasteiger partial charge in [-0.1, -0.05) is 48.9 Å². The molecule has 0 radical (unpaired) electrons. The smallest absolute Gasteiger partial charge is 0.303 e. The minimum absolute atomic E-state index is 0.0366. The molecule has 3 aliphatic rings. The molecule has 1 aromatic heterocycles. The molecule has 0 saturated carbocycles. The zero-order chi connectivity index (χ0) is 30.3. The Hall–Kier alpha value is -4.04. The number of hydrogen-bond donors (Lipinski definition) is 3. The number of fused-ring (bicyclic) bond motifs is 1. The first-order chi connectivity index (χ1) is 20.0. The second kappa shape index (κ2) is 11.3. The van der Waals surface area contributed by atoms with Crippen LogP contribution in [0.5, 0.6) is 0 Å². The van der Waals surface area contributed by atoms with E-state index in [4.69, 9.17) is 4.74 Å². The van der Waals surface area contributed by atoms with E-state index in [1.165, 1.54) is 6.92 Å². The quantitative estimate of drug-likeness (QED) is 0.287. The Morgan fingerprint density at radius 1 is 1.10 bits per heavy atom. The predicted molar refractivity (Wildman–Crippen MR) is 159 cm³/mol. The Morgan fingerprint density at radius 2 is 1.83 bits per heavy atom. The Morgan fingerprint density at radius 3 is 2.57 bits per heavy atom. The highest BCUT2D eigenvalue weighted by Crippen LogP contribution is 2.55. The van der Waals surface area contributed by atoms with Crippen molar-refractivity contribution in [1.29, 1.82) is 0 Å². The van der Waals surface area contributed by atoms with Crippen LogP contribution in [-0.2, 0) is 30.3 Å². The van der Waals surface area contributed by atoms with Gasteiger partial charge in [-0.15, -0.1) is 0 Å². The van der Waals surface area contributed by atoms with Crippen LogP contribution >= 0.6 is 0 Å². The molecule has 220 valence electrons. The first-order valence-corrected chi connectivity index (χ1v) is 14.5. The number of para-hydroxylation sites is 1. The number of amides is 1. The molecule has 3 N–H and O–H groups in total. The first kappa shape index (κ1) is 29.5. The van der Waals surface area contributed by atoms with Gasteiger partial charge in [0.1, 0.15) is 5.41 Å². The molecule has 0 bridgehead atoms. The molecule has 0 unspecified atom stereocenters. The maximum atomic E-state index is 14.3. The maximum Gasteiger partial charge on any atom is 0.303 e. The number of carbonyl (C=O) groups is 4. The van der Waals surface area contributed by atoms with E-state index in [2.05, 4.69) is 10.3 Å². The minimum atomic E-state index is -1.66. The van der Waals surface area contributed by atoms with Crippen molar-refractivity contribution in [3.05, 3.63) is 83.1 Å². The van der Waals surface area contributed by atoms with Gasteiger partial charge < -0.3 is 20.1 Å². The van der Waals surface area contributed by atoms with E-state index in [9.17, 15) is 24.3 Å². The summed E-state index contributed by atoms with van der Waals surface area (Å²) in [5.74, 6) is -3.64. The predicted octanol–water partition coefficient (Wildman–Crippen LogP) is 4.31. The topological polar surface area (TPSA) is 126 Å². The number of aliphatic hydroxyl groups excluding tert-OH is 1. The molecule has 1 fully saturated rings. The zero-order valence-corrected chi connectivity index (χ0v) is 24.6. The van der Waals surface area contributed by atoms with Crippen LogP contribution in [0.4, 0.5) is 0 Å². The Balaban J connectivity index is 1.64. The minimum Gasteiger partial charge on any atom is -0.450 e. The van der Waals surface area contributed by atoms with Crippen molar-refractivity contribution in [2.75, 3.05) is 0 Å². The van der Waals surface area contributed by atoms with E-state index >= 15 is 0 Å². The van der Waals surface area contributed by atoms with Crippen LogP contribution < -0.4 is 5.32 Å². The van der Waals surface area contributed by atoms with Gasteiger partial charge >= 0.3 is 5.97 Å². The molecule has 8 heteroatoms. The first-order valence-electron chi connectivity index (χ1n) is 14.5. The van der Waals surface area contributed by atoms with Gasteiger partial charge in [0.25, 0.3) is 0 Å². The highest BCUT2D eigenvalue weighted by atomic mass is 16.5. The number of aliphatic hydroxyl groups is 1. The number of ketones is 2. The third-order valence-electron chi connectivity index (χ3n) is 9.26. The van der Waals surface area contributed by atoms with Crippen molar-refractivity contribution in [2.24, 2.45) is 23.2 Å². The van der Waals surface area contributed by atoms with Crippen LogP contribution in [0.2, 0.25) is 0 Å². The summed E-state index contributed by atoms with van der Waals surface area (Å²) in [4.78, 5) is 56.9. The number of aromatic nitrogens is 1. The monoisotopic (exact) mass is 570 g/mol. The van der Waals surface area contributed by atoms with Crippen LogP contribution in [0.25, 0.3) is 10.9 Å². The van der Waals surface area contributed by atoms with Crippen molar-refractivity contribution in [3.8, 4) is 0 Å². The number of nitrogens with one attached hydrogen (secondary N) is 2. The molecule has 1 amide bonds. The normalized spacial score (nSPS) is 34.7. The van der Waals surface area contributed by atoms with Crippen molar-refractivity contribution in [1.82, 2.24) is 10.3 Å². The van der Waals surface area contributed by atoms with Gasteiger partial charge in [0, 0.05) is 41.9 Å². The van der Waals surface area contributed by atoms with Crippen molar-refractivity contribution >= 4 is 34.3 Å². The summed E-state index contributed by atoms with van der Waals surface area (Å²) >= 11 is 0. The maximum absolute atomic E-state index is 14.3. The molecule has 2 heterocycles. The number of benzene rings is 1. The summed E-state index contributed by atoms with van der Waals surface area (Å²) in [6.45, 7) is 8.65. The molecule has 42 heavy (non-hydrogen) atoms. The summed E-state index contributed by atoms with van der Waals surface area (Å²) in [6, 6.07) is 7.50. The molecule has 1 aromatic carbocycles. The van der Waals surface area contributed by atoms with Crippen LogP contribution in [0.1, 0.15) is 46.6 Å². The van der Waals surface area contributed by atoms with Crippen LogP contribution in [-0.4, -0.2) is 51.8 Å². The van der Waals surface area contributed by atoms with Crippen LogP contribution in [0.15, 0.2) is 77.6 Å². The number of allylic oxidation sites excluding steroid dienone is 3. The lowest BCUT2D eigenvalue weighted by Gasteiger charge is -2.45. The molecule has 7 atom stereocenters. The van der Waals surface area contributed by atoms with Gasteiger partial charge in [0.2, 0.25) is 11.7 Å². The average Bonchev–Trinajstić information content (AvgIpc) is 3.49. The number of ether oxygens (including phenoxy) is 1. The summed E-state index contributed by atoms with van der Waals surface area (Å²) in [5, 5.41) is 15.7. The lowest BCUT2D eigenvalue weighted by Crippen LogP contribution is -2.55. The lowest BCUT2D eigenvalue weighted by molar-refractivity contribution is -0.149. The molecular weight excluding hydrogens is 532 g/mol. The molecule has 1 saturated heterocycles. The molecule has 5 rings (SSSR count). The number of carbonyl (C=O) groups excluding carboxylic acids is 4. The van der Waals surface area contributed by atoms with Gasteiger partial charge in [-0.05, 0) is 74.5 Å². The van der Waals surface area contributed by atoms with Gasteiger partial charge in [0.15, 0.2) is 11.9 Å². The Labute approximate surface area is 245 Å². The Bertz CT molecular complexity index is 1570. The summed E-state index contributed by atoms with van der Waals surface area (Å²) in [6.07, 6.45) is 8.52. The second-order valence-corrected chi connectivity index (χ2v) is 12.0. The van der Waals surface area contributed by atoms with Gasteiger partial charge in [-0.25, -0.2) is 0 Å². The summed E-state index contributed by atoms with van der Waals surface area (Å²) < 4.78 is 5.34. The molecular formula is C34H38N2O6. The molecule has 1 aliphatic heterocycles. The van der Waals surface area contributed by atoms with E-state index in [0.29, 0.717) is 18.4 Å². The molecule has 1 spiro atoms. The van der Waals surface area contributed by atoms with Crippen LogP contribution in [0, 0.1) is 23.2 Å². The molecule has 8 nitrogen and oxygen atoms in total. The number of hydrogen-bond acceptors (Lipinski definition) is 6. The summed E-state index contributed by atoms with van der Waals surface area (Å²) in [5.41, 5.74) is 2.42. The van der Waals surface area contributed by atoms with Crippen molar-refractivity contribution in [2.45, 2.75) is 65.7 Å². The van der Waals surface area contributed by atoms with E-state index in [0.717, 1.165) is 39.8 Å². The largest absolute Gasteiger partial charge is 0.450 e. The fourth-order valence-electron chi connectivity index (χ4n) is 7.19. The van der Waals surface area contributed by atoms with E-state index in [1.807, 2.05) is 63.4 Å². The van der Waals surface area contributed by atoms with E-state index < -0.39 is 58.9 Å². The lowest BCUT2D eigenvalue weighted by atomic mass is 9.55. The van der Waals surface area contributed by atoms with Gasteiger partial charge in [-0.2, -0.15) is 0 Å². The Kier molecular flexibility index (Phi) is 7.94. The van der Waals surface area contributed by atoms with Crippen molar-refractivity contribution < 1.29 is 29.0 Å². The number of aromatic amines is 1. The van der Waals surface area contributed by atoms with E-state index in [1.54, 1.807) is 13.0 Å². The fraction of sp³-hybridized carbons (Fsp3) is 0.412. The number of esters is 1. The SMILES string of the molecule is CC(=O)O[C@H]1C(=O)/C=C/C(=O)[C@@]23C(=O)N[C@@H](Cc4c[nH]c5ccccc45)[C@@H]2C(C)=C(C)[C@@H](O)[C@@H]3/C=C/C[C@H](C)/C=C/1C. The zero-order valence-electron chi connectivity index (χ0n) is 24.6. The number of H-pyrrole nitrogens is 1. The number of rotatable bonds is 3. The second-order valence-electron chi connectivity index (χ2n) is 12.0. The van der Waals surface area contributed by atoms with Gasteiger partial charge in [0.05, 0.1) is 6.10 Å². The third-order valence-corrected chi connectivity index (χ3v) is 9.26. The highest BCUT2D eigenvalue weighted by Gasteiger charge is 2.66.